The molecule has 0 radical (unpaired) electrons. The van der Waals surface area contributed by atoms with Crippen molar-refractivity contribution in [2.75, 3.05) is 6.54 Å². The van der Waals surface area contributed by atoms with Crippen LogP contribution in [0.25, 0.3) is 0 Å². The van der Waals surface area contributed by atoms with E-state index in [0.717, 1.165) is 36.0 Å². The van der Waals surface area contributed by atoms with Gasteiger partial charge < -0.3 is 0 Å². The molecule has 112 valence electrons. The summed E-state index contributed by atoms with van der Waals surface area (Å²) in [5, 5.41) is 0. The average molecular weight is 316 g/mol. The molecule has 1 atom stereocenters. The summed E-state index contributed by atoms with van der Waals surface area (Å²) in [6, 6.07) is 3.74. The summed E-state index contributed by atoms with van der Waals surface area (Å²) >= 11 is 5.91. The topological polar surface area (TPSA) is 37.4 Å². The highest BCUT2D eigenvalue weighted by atomic mass is 35.5. The number of aryl methyl sites for hydroxylation is 2. The number of nitrogens with zero attached hydrogens (tertiary/aromatic N) is 1. The molecule has 0 spiro atoms. The molecule has 0 aromatic heterocycles. The number of hydrogen-bond donors (Lipinski definition) is 0. The molecular formula is C15H22ClNO2S. The summed E-state index contributed by atoms with van der Waals surface area (Å²) in [6.07, 6.45) is 2.98. The Labute approximate surface area is 127 Å². The third-order valence-electron chi connectivity index (χ3n) is 4.11. The number of alkyl halides is 1. The number of rotatable bonds is 3. The van der Waals surface area contributed by atoms with Gasteiger partial charge in [0.25, 0.3) is 0 Å². The van der Waals surface area contributed by atoms with E-state index in [2.05, 4.69) is 0 Å². The van der Waals surface area contributed by atoms with E-state index in [1.165, 1.54) is 0 Å². The molecule has 5 heteroatoms. The molecule has 3 nitrogen and oxygen atoms in total. The summed E-state index contributed by atoms with van der Waals surface area (Å²) < 4.78 is 27.4. The maximum atomic E-state index is 12.9. The molecule has 1 heterocycles. The van der Waals surface area contributed by atoms with E-state index in [-0.39, 0.29) is 6.04 Å². The van der Waals surface area contributed by atoms with Crippen LogP contribution in [0.4, 0.5) is 0 Å². The first-order valence-electron chi connectivity index (χ1n) is 7.06. The minimum absolute atomic E-state index is 0.0777. The predicted octanol–water partition coefficient (Wildman–Crippen LogP) is 3.61. The highest BCUT2D eigenvalue weighted by Gasteiger charge is 2.32. The van der Waals surface area contributed by atoms with Crippen LogP contribution in [-0.2, 0) is 15.9 Å². The maximum absolute atomic E-state index is 12.9. The van der Waals surface area contributed by atoms with Crippen molar-refractivity contribution >= 4 is 21.6 Å². The second-order valence-electron chi connectivity index (χ2n) is 5.64. The van der Waals surface area contributed by atoms with Crippen LogP contribution in [0.1, 0.15) is 42.9 Å². The molecule has 20 heavy (non-hydrogen) atoms. The molecular weight excluding hydrogens is 294 g/mol. The van der Waals surface area contributed by atoms with Gasteiger partial charge in [0.2, 0.25) is 10.0 Å². The van der Waals surface area contributed by atoms with Crippen LogP contribution >= 0.6 is 11.6 Å². The van der Waals surface area contributed by atoms with Gasteiger partial charge in [-0.25, -0.2) is 8.42 Å². The van der Waals surface area contributed by atoms with E-state index in [1.54, 1.807) is 10.4 Å². The predicted molar refractivity (Wildman–Crippen MR) is 82.7 cm³/mol. The van der Waals surface area contributed by atoms with Gasteiger partial charge >= 0.3 is 0 Å². The molecule has 0 bridgehead atoms. The Morgan fingerprint density at radius 2 is 1.95 bits per heavy atom. The fourth-order valence-corrected chi connectivity index (χ4v) is 5.10. The van der Waals surface area contributed by atoms with Crippen LogP contribution in [0.15, 0.2) is 17.0 Å². The second kappa shape index (κ2) is 6.04. The Kier molecular flexibility index (Phi) is 4.77. The molecule has 0 saturated carbocycles. The molecule has 1 unspecified atom stereocenters. The summed E-state index contributed by atoms with van der Waals surface area (Å²) in [7, 11) is -3.42. The lowest BCUT2D eigenvalue weighted by molar-refractivity contribution is 0.268. The first-order chi connectivity index (χ1) is 9.37. The van der Waals surface area contributed by atoms with Crippen LogP contribution in [0.5, 0.6) is 0 Å². The quantitative estimate of drug-likeness (QED) is 0.799. The Hall–Kier alpha value is -0.580. The minimum atomic E-state index is -3.42. The zero-order chi connectivity index (χ0) is 14.9. The first-order valence-corrected chi connectivity index (χ1v) is 9.03. The zero-order valence-corrected chi connectivity index (χ0v) is 13.9. The lowest BCUT2D eigenvalue weighted by Crippen LogP contribution is -2.42. The third kappa shape index (κ3) is 2.87. The fraction of sp³-hybridized carbons (Fsp3) is 0.600. The SMILES string of the molecule is Cc1cc(C)c(S(=O)(=O)N2CCCCC2C)cc1CCl. The van der Waals surface area contributed by atoms with Crippen molar-refractivity contribution in [1.82, 2.24) is 4.31 Å². The molecule has 1 saturated heterocycles. The standard InChI is InChI=1S/C15H22ClNO2S/c1-11-8-12(2)15(9-14(11)10-16)20(18,19)17-7-5-4-6-13(17)3/h8-9,13H,4-7,10H2,1-3H3. The van der Waals surface area contributed by atoms with Crippen LogP contribution in [0.2, 0.25) is 0 Å². The zero-order valence-electron chi connectivity index (χ0n) is 12.3. The van der Waals surface area contributed by atoms with Gasteiger partial charge in [0.15, 0.2) is 0 Å². The smallest absolute Gasteiger partial charge is 0.207 e. The minimum Gasteiger partial charge on any atom is -0.207 e. The second-order valence-corrected chi connectivity index (χ2v) is 7.76. The van der Waals surface area contributed by atoms with Crippen molar-refractivity contribution in [1.29, 1.82) is 0 Å². The highest BCUT2D eigenvalue weighted by molar-refractivity contribution is 7.89. The fourth-order valence-electron chi connectivity index (χ4n) is 2.85. The number of piperidine rings is 1. The van der Waals surface area contributed by atoms with Crippen LogP contribution in [0, 0.1) is 13.8 Å². The molecule has 0 aliphatic carbocycles. The van der Waals surface area contributed by atoms with E-state index < -0.39 is 10.0 Å². The van der Waals surface area contributed by atoms with E-state index in [9.17, 15) is 8.42 Å². The van der Waals surface area contributed by atoms with Crippen molar-refractivity contribution in [3.05, 3.63) is 28.8 Å². The van der Waals surface area contributed by atoms with E-state index in [4.69, 9.17) is 11.6 Å². The molecule has 1 aromatic rings. The van der Waals surface area contributed by atoms with Crippen molar-refractivity contribution in [2.45, 2.75) is 56.9 Å². The van der Waals surface area contributed by atoms with Gasteiger partial charge in [-0.3, -0.25) is 0 Å². The van der Waals surface area contributed by atoms with Crippen molar-refractivity contribution < 1.29 is 8.42 Å². The first kappa shape index (κ1) is 15.8. The van der Waals surface area contributed by atoms with Gasteiger partial charge in [0.1, 0.15) is 0 Å². The number of halogens is 1. The maximum Gasteiger partial charge on any atom is 0.243 e. The number of hydrogen-bond acceptors (Lipinski definition) is 2. The van der Waals surface area contributed by atoms with Gasteiger partial charge in [-0.05, 0) is 56.4 Å². The normalized spacial score (nSPS) is 21.1. The van der Waals surface area contributed by atoms with Gasteiger partial charge in [-0.15, -0.1) is 11.6 Å². The molecule has 2 rings (SSSR count). The van der Waals surface area contributed by atoms with Gasteiger partial charge in [-0.2, -0.15) is 4.31 Å². The van der Waals surface area contributed by atoms with Crippen molar-refractivity contribution in [2.24, 2.45) is 0 Å². The highest BCUT2D eigenvalue weighted by Crippen LogP contribution is 2.29. The summed E-state index contributed by atoms with van der Waals surface area (Å²) in [5.41, 5.74) is 2.73. The molecule has 1 aromatic carbocycles. The monoisotopic (exact) mass is 315 g/mol. The van der Waals surface area contributed by atoms with Gasteiger partial charge in [-0.1, -0.05) is 12.5 Å². The Morgan fingerprint density at radius 1 is 1.25 bits per heavy atom. The van der Waals surface area contributed by atoms with E-state index in [1.807, 2.05) is 26.8 Å². The Bertz CT molecular complexity index is 598. The Morgan fingerprint density at radius 3 is 2.55 bits per heavy atom. The van der Waals surface area contributed by atoms with Crippen LogP contribution in [-0.4, -0.2) is 25.3 Å². The van der Waals surface area contributed by atoms with Crippen LogP contribution in [0.3, 0.4) is 0 Å². The summed E-state index contributed by atoms with van der Waals surface area (Å²) in [4.78, 5) is 0.410. The Balaban J connectivity index is 2.48. The van der Waals surface area contributed by atoms with Crippen molar-refractivity contribution in [3.63, 3.8) is 0 Å². The molecule has 1 aliphatic heterocycles. The third-order valence-corrected chi connectivity index (χ3v) is 6.55. The number of sulfonamides is 1. The number of benzene rings is 1. The average Bonchev–Trinajstić information content (AvgIpc) is 2.38. The van der Waals surface area contributed by atoms with Crippen molar-refractivity contribution in [3.8, 4) is 0 Å². The lowest BCUT2D eigenvalue weighted by atomic mass is 10.1. The van der Waals surface area contributed by atoms with E-state index in [0.29, 0.717) is 17.3 Å². The summed E-state index contributed by atoms with van der Waals surface area (Å²) in [6.45, 7) is 6.42. The molecule has 0 amide bonds. The molecule has 0 N–H and O–H groups in total. The summed E-state index contributed by atoms with van der Waals surface area (Å²) in [5.74, 6) is 0.337. The molecule has 1 aliphatic rings. The van der Waals surface area contributed by atoms with E-state index >= 15 is 0 Å². The molecule has 1 fully saturated rings. The van der Waals surface area contributed by atoms with Gasteiger partial charge in [0, 0.05) is 18.5 Å². The largest absolute Gasteiger partial charge is 0.243 e. The van der Waals surface area contributed by atoms with Gasteiger partial charge in [0.05, 0.1) is 4.90 Å². The lowest BCUT2D eigenvalue weighted by Gasteiger charge is -2.32. The van der Waals surface area contributed by atoms with Crippen LogP contribution < -0.4 is 0 Å².